The molecule has 0 aromatic heterocycles. The highest BCUT2D eigenvalue weighted by atomic mass is 31.2. The van der Waals surface area contributed by atoms with Crippen LogP contribution >= 0.6 is 7.82 Å². The third kappa shape index (κ3) is 5.94. The predicted octanol–water partition coefficient (Wildman–Crippen LogP) is -0.963. The topological polar surface area (TPSA) is 194 Å². The zero-order chi connectivity index (χ0) is 24.3. The number of aliphatic hydroxyl groups is 3. The van der Waals surface area contributed by atoms with E-state index in [1.807, 2.05) is 0 Å². The molecule has 1 fully saturated rings. The maximum Gasteiger partial charge on any atom is 0.510 e. The van der Waals surface area contributed by atoms with Crippen molar-refractivity contribution in [2.24, 2.45) is 0 Å². The number of ether oxygens (including phenoxy) is 3. The molecule has 2 aliphatic rings. The van der Waals surface area contributed by atoms with Gasteiger partial charge >= 0.3 is 14.0 Å². The molecule has 0 radical (unpaired) electrons. The standard InChI is InChI=1S/C16H26FN2O12P/c1-9(2)30-14(23)27-8-29-32(25,26)28-7-16(6-17)11(21)15(3,24)12(31-16)19-5-4-10(20)18-13(19)22/h4-5,9,11-13,21-22,24H,6-8H2,1-3H3,(H,18,20)(H,25,26). The highest BCUT2D eigenvalue weighted by molar-refractivity contribution is 7.47. The van der Waals surface area contributed by atoms with Crippen molar-refractivity contribution < 1.29 is 62.0 Å². The molecule has 0 bridgehead atoms. The average Bonchev–Trinajstić information content (AvgIpc) is 2.87. The van der Waals surface area contributed by atoms with Gasteiger partial charge in [0.25, 0.3) is 0 Å². The van der Waals surface area contributed by atoms with E-state index in [-0.39, 0.29) is 0 Å². The number of phosphoric acid groups is 1. The number of phosphoric ester groups is 1. The molecule has 6 atom stereocenters. The van der Waals surface area contributed by atoms with Gasteiger partial charge in [-0.2, -0.15) is 0 Å². The average molecular weight is 488 g/mol. The van der Waals surface area contributed by atoms with E-state index in [0.717, 1.165) is 24.1 Å². The second-order valence-electron chi connectivity index (χ2n) is 7.49. The molecule has 0 saturated carbocycles. The van der Waals surface area contributed by atoms with Crippen LogP contribution in [0, 0.1) is 0 Å². The van der Waals surface area contributed by atoms with Crippen molar-refractivity contribution in [3.8, 4) is 0 Å². The minimum absolute atomic E-state index is 0.507. The maximum absolute atomic E-state index is 14.0. The van der Waals surface area contributed by atoms with Gasteiger partial charge in [0.05, 0.1) is 12.7 Å². The van der Waals surface area contributed by atoms with E-state index in [0.29, 0.717) is 0 Å². The first kappa shape index (κ1) is 26.4. The van der Waals surface area contributed by atoms with E-state index in [1.54, 1.807) is 13.8 Å². The number of carbonyl (C=O) groups excluding carboxylic acids is 2. The van der Waals surface area contributed by atoms with Gasteiger partial charge in [-0.05, 0) is 20.8 Å². The Morgan fingerprint density at radius 2 is 2.06 bits per heavy atom. The highest BCUT2D eigenvalue weighted by Gasteiger charge is 2.64. The molecule has 0 spiro atoms. The SMILES string of the molecule is CC(C)OC(=O)OCOP(=O)(O)OCC1(CF)OC(N2C=CC(=O)NC2O)C(C)(O)C1O. The number of hydrogen-bond acceptors (Lipinski definition) is 12. The van der Waals surface area contributed by atoms with Gasteiger partial charge in [-0.1, -0.05) is 0 Å². The Kier molecular flexibility index (Phi) is 8.23. The second-order valence-corrected chi connectivity index (χ2v) is 8.95. The van der Waals surface area contributed by atoms with Gasteiger partial charge in [0.15, 0.2) is 11.8 Å². The van der Waals surface area contributed by atoms with E-state index >= 15 is 0 Å². The first-order valence-electron chi connectivity index (χ1n) is 9.28. The van der Waals surface area contributed by atoms with Gasteiger partial charge < -0.3 is 44.6 Å². The molecule has 2 heterocycles. The number of rotatable bonds is 9. The van der Waals surface area contributed by atoms with E-state index in [9.17, 15) is 38.8 Å². The molecule has 0 aromatic carbocycles. The van der Waals surface area contributed by atoms with E-state index in [1.165, 1.54) is 0 Å². The number of carbonyl (C=O) groups is 2. The van der Waals surface area contributed by atoms with Crippen molar-refractivity contribution in [2.75, 3.05) is 20.1 Å². The van der Waals surface area contributed by atoms with Crippen LogP contribution in [0.3, 0.4) is 0 Å². The predicted molar refractivity (Wildman–Crippen MR) is 99.8 cm³/mol. The Bertz CT molecular complexity index is 780. The van der Waals surface area contributed by atoms with Gasteiger partial charge in [-0.3, -0.25) is 9.32 Å². The van der Waals surface area contributed by atoms with Crippen LogP contribution in [0.5, 0.6) is 0 Å². The zero-order valence-electron chi connectivity index (χ0n) is 17.4. The fourth-order valence-electron chi connectivity index (χ4n) is 2.98. The lowest BCUT2D eigenvalue weighted by atomic mass is 9.88. The van der Waals surface area contributed by atoms with Gasteiger partial charge in [0.1, 0.15) is 18.4 Å². The van der Waals surface area contributed by atoms with Gasteiger partial charge in [0.2, 0.25) is 19.1 Å². The summed E-state index contributed by atoms with van der Waals surface area (Å²) >= 11 is 0. The number of nitrogens with zero attached hydrogens (tertiary/aromatic N) is 1. The van der Waals surface area contributed by atoms with Crippen LogP contribution in [-0.4, -0.2) is 93.2 Å². The van der Waals surface area contributed by atoms with Gasteiger partial charge in [-0.15, -0.1) is 0 Å². The molecule has 1 saturated heterocycles. The Labute approximate surface area is 182 Å². The van der Waals surface area contributed by atoms with Crippen molar-refractivity contribution in [3.63, 3.8) is 0 Å². The molecule has 0 aliphatic carbocycles. The molecule has 2 aliphatic heterocycles. The van der Waals surface area contributed by atoms with Crippen molar-refractivity contribution in [3.05, 3.63) is 12.3 Å². The highest BCUT2D eigenvalue weighted by Crippen LogP contribution is 2.47. The molecule has 5 N–H and O–H groups in total. The maximum atomic E-state index is 14.0. The van der Waals surface area contributed by atoms with E-state index in [2.05, 4.69) is 23.8 Å². The molecule has 184 valence electrons. The summed E-state index contributed by atoms with van der Waals surface area (Å²) in [5.74, 6) is -0.648. The minimum atomic E-state index is -4.94. The molecule has 16 heteroatoms. The van der Waals surface area contributed by atoms with Crippen molar-refractivity contribution in [1.29, 1.82) is 0 Å². The Hall–Kier alpha value is -1.84. The summed E-state index contributed by atoms with van der Waals surface area (Å²) < 4.78 is 49.5. The van der Waals surface area contributed by atoms with Gasteiger partial charge in [0, 0.05) is 12.3 Å². The monoisotopic (exact) mass is 488 g/mol. The molecule has 32 heavy (non-hydrogen) atoms. The van der Waals surface area contributed by atoms with Crippen LogP contribution in [0.4, 0.5) is 9.18 Å². The Balaban J connectivity index is 2.05. The van der Waals surface area contributed by atoms with Crippen LogP contribution in [0.2, 0.25) is 0 Å². The molecular weight excluding hydrogens is 462 g/mol. The Morgan fingerprint density at radius 3 is 2.62 bits per heavy atom. The van der Waals surface area contributed by atoms with Crippen LogP contribution in [0.25, 0.3) is 0 Å². The number of amides is 1. The summed E-state index contributed by atoms with van der Waals surface area (Å²) in [7, 11) is -4.94. The van der Waals surface area contributed by atoms with E-state index in [4.69, 9.17) is 4.74 Å². The third-order valence-corrected chi connectivity index (χ3v) is 5.43. The first-order chi connectivity index (χ1) is 14.7. The quantitative estimate of drug-likeness (QED) is 0.151. The van der Waals surface area contributed by atoms with E-state index < -0.39 is 75.9 Å². The summed E-state index contributed by atoms with van der Waals surface area (Å²) in [4.78, 5) is 33.2. The van der Waals surface area contributed by atoms with Crippen LogP contribution in [0.15, 0.2) is 12.3 Å². The van der Waals surface area contributed by atoms with Crippen molar-refractivity contribution in [1.82, 2.24) is 10.2 Å². The fourth-order valence-corrected chi connectivity index (χ4v) is 3.62. The fraction of sp³-hybridized carbons (Fsp3) is 0.750. The molecule has 2 rings (SSSR count). The lowest BCUT2D eigenvalue weighted by Gasteiger charge is -2.39. The number of nitrogens with one attached hydrogen (secondary N) is 1. The molecular formula is C16H26FN2O12P. The molecule has 1 amide bonds. The van der Waals surface area contributed by atoms with Crippen LogP contribution in [-0.2, 0) is 32.6 Å². The summed E-state index contributed by atoms with van der Waals surface area (Å²) in [5.41, 5.74) is -4.59. The summed E-state index contributed by atoms with van der Waals surface area (Å²) in [6.07, 6.45) is -4.93. The number of aliphatic hydroxyl groups excluding tert-OH is 2. The first-order valence-corrected chi connectivity index (χ1v) is 10.8. The summed E-state index contributed by atoms with van der Waals surface area (Å²) in [6.45, 7) is 0.552. The van der Waals surface area contributed by atoms with Crippen molar-refractivity contribution >= 4 is 19.9 Å². The smallest absolute Gasteiger partial charge is 0.432 e. The lowest BCUT2D eigenvalue weighted by molar-refractivity contribution is -0.190. The summed E-state index contributed by atoms with van der Waals surface area (Å²) in [6, 6.07) is 0. The molecule has 0 aromatic rings. The third-order valence-electron chi connectivity index (χ3n) is 4.54. The minimum Gasteiger partial charge on any atom is -0.432 e. The van der Waals surface area contributed by atoms with Crippen LogP contribution in [0.1, 0.15) is 20.8 Å². The zero-order valence-corrected chi connectivity index (χ0v) is 18.3. The number of alkyl halides is 1. The number of hydrogen-bond donors (Lipinski definition) is 5. The van der Waals surface area contributed by atoms with Gasteiger partial charge in [-0.25, -0.2) is 18.3 Å². The Morgan fingerprint density at radius 1 is 1.41 bits per heavy atom. The largest absolute Gasteiger partial charge is 0.510 e. The second kappa shape index (κ2) is 9.97. The molecule has 6 unspecified atom stereocenters. The normalized spacial score (nSPS) is 34.3. The summed E-state index contributed by atoms with van der Waals surface area (Å²) in [5, 5.41) is 33.3. The molecule has 14 nitrogen and oxygen atoms in total. The number of halogens is 1. The lowest BCUT2D eigenvalue weighted by Crippen LogP contribution is -2.59. The van der Waals surface area contributed by atoms with Crippen molar-refractivity contribution in [2.45, 2.75) is 56.8 Å². The van der Waals surface area contributed by atoms with Crippen LogP contribution < -0.4 is 5.32 Å².